The second-order valence-corrected chi connectivity index (χ2v) is 2.33. The van der Waals surface area contributed by atoms with Crippen molar-refractivity contribution in [2.45, 2.75) is 13.0 Å². The Kier molecular flexibility index (Phi) is 3.72. The minimum atomic E-state index is 0.622. The van der Waals surface area contributed by atoms with Crippen molar-refractivity contribution in [3.63, 3.8) is 0 Å². The molecule has 2 N–H and O–H groups in total. The first-order chi connectivity index (χ1) is 5.43. The van der Waals surface area contributed by atoms with Crippen LogP contribution in [0, 0.1) is 0 Å². The highest BCUT2D eigenvalue weighted by atomic mass is 16.5. The van der Waals surface area contributed by atoms with Crippen LogP contribution >= 0.6 is 0 Å². The first kappa shape index (κ1) is 8.30. The smallest absolute Gasteiger partial charge is 0.0957 e. The maximum atomic E-state index is 5.29. The average Bonchev–Trinajstić information content (AvgIpc) is 2.50. The third kappa shape index (κ3) is 3.20. The van der Waals surface area contributed by atoms with Crippen molar-refractivity contribution < 1.29 is 9.15 Å². The molecule has 62 valence electrons. The maximum Gasteiger partial charge on any atom is 0.0957 e. The van der Waals surface area contributed by atoms with Gasteiger partial charge in [0.1, 0.15) is 0 Å². The summed E-state index contributed by atoms with van der Waals surface area (Å²) in [4.78, 5) is 0. The summed E-state index contributed by atoms with van der Waals surface area (Å²) in [6.07, 6.45) is 4.24. The van der Waals surface area contributed by atoms with E-state index in [0.29, 0.717) is 13.2 Å². The van der Waals surface area contributed by atoms with Crippen LogP contribution in [0.4, 0.5) is 0 Å². The molecule has 1 aromatic rings. The molecule has 0 amide bonds. The summed E-state index contributed by atoms with van der Waals surface area (Å²) in [6, 6.07) is 1.89. The molecule has 0 aromatic carbocycles. The molecule has 1 heterocycles. The van der Waals surface area contributed by atoms with E-state index < -0.39 is 0 Å². The first-order valence-electron chi connectivity index (χ1n) is 3.72. The molecular weight excluding hydrogens is 142 g/mol. The molecule has 0 bridgehead atoms. The lowest BCUT2D eigenvalue weighted by Gasteiger charge is -1.98. The van der Waals surface area contributed by atoms with E-state index in [-0.39, 0.29) is 0 Å². The van der Waals surface area contributed by atoms with E-state index in [9.17, 15) is 0 Å². The minimum absolute atomic E-state index is 0.622. The van der Waals surface area contributed by atoms with Crippen molar-refractivity contribution in [2.75, 3.05) is 13.2 Å². The van der Waals surface area contributed by atoms with E-state index in [1.807, 2.05) is 6.07 Å². The zero-order valence-electron chi connectivity index (χ0n) is 6.45. The summed E-state index contributed by atoms with van der Waals surface area (Å²) in [7, 11) is 0. The van der Waals surface area contributed by atoms with E-state index in [2.05, 4.69) is 0 Å². The van der Waals surface area contributed by atoms with Gasteiger partial charge in [0.2, 0.25) is 0 Å². The molecule has 0 saturated heterocycles. The van der Waals surface area contributed by atoms with Crippen LogP contribution in [0.1, 0.15) is 12.0 Å². The standard InChI is InChI=1S/C8H13NO2/c9-3-1-4-10-6-8-2-5-11-7-8/h2,5,7H,1,3-4,6,9H2. The van der Waals surface area contributed by atoms with Gasteiger partial charge in [-0.1, -0.05) is 0 Å². The lowest BCUT2D eigenvalue weighted by Crippen LogP contribution is -2.03. The third-order valence-electron chi connectivity index (χ3n) is 1.34. The van der Waals surface area contributed by atoms with Gasteiger partial charge in [-0.3, -0.25) is 0 Å². The van der Waals surface area contributed by atoms with Crippen molar-refractivity contribution in [3.8, 4) is 0 Å². The molecule has 0 atom stereocenters. The molecule has 1 rings (SSSR count). The molecule has 3 heteroatoms. The summed E-state index contributed by atoms with van der Waals surface area (Å²) < 4.78 is 10.1. The number of ether oxygens (including phenoxy) is 1. The molecule has 0 fully saturated rings. The summed E-state index contributed by atoms with van der Waals surface area (Å²) in [5.74, 6) is 0. The van der Waals surface area contributed by atoms with Gasteiger partial charge >= 0.3 is 0 Å². The van der Waals surface area contributed by atoms with Gasteiger partial charge in [-0.2, -0.15) is 0 Å². The van der Waals surface area contributed by atoms with Crippen molar-refractivity contribution >= 4 is 0 Å². The number of hydrogen-bond acceptors (Lipinski definition) is 3. The molecule has 0 unspecified atom stereocenters. The van der Waals surface area contributed by atoms with Gasteiger partial charge in [-0.05, 0) is 19.0 Å². The zero-order valence-corrected chi connectivity index (χ0v) is 6.45. The monoisotopic (exact) mass is 155 g/mol. The van der Waals surface area contributed by atoms with E-state index in [0.717, 1.165) is 18.6 Å². The predicted octanol–water partition coefficient (Wildman–Crippen LogP) is 1.15. The Morgan fingerprint density at radius 1 is 1.55 bits per heavy atom. The average molecular weight is 155 g/mol. The third-order valence-corrected chi connectivity index (χ3v) is 1.34. The fourth-order valence-electron chi connectivity index (χ4n) is 0.750. The van der Waals surface area contributed by atoms with Crippen molar-refractivity contribution in [1.29, 1.82) is 0 Å². The Balaban J connectivity index is 2.04. The Hall–Kier alpha value is -0.800. The molecule has 0 aliphatic rings. The largest absolute Gasteiger partial charge is 0.472 e. The number of nitrogens with two attached hydrogens (primary N) is 1. The van der Waals surface area contributed by atoms with Crippen LogP contribution in [-0.4, -0.2) is 13.2 Å². The SMILES string of the molecule is NCCCOCc1ccoc1. The molecule has 0 aliphatic heterocycles. The molecule has 11 heavy (non-hydrogen) atoms. The van der Waals surface area contributed by atoms with Gasteiger partial charge < -0.3 is 14.9 Å². The first-order valence-corrected chi connectivity index (χ1v) is 3.72. The predicted molar refractivity (Wildman–Crippen MR) is 42.0 cm³/mol. The van der Waals surface area contributed by atoms with Crippen LogP contribution in [0.2, 0.25) is 0 Å². The maximum absolute atomic E-state index is 5.29. The van der Waals surface area contributed by atoms with E-state index in [1.54, 1.807) is 12.5 Å². The van der Waals surface area contributed by atoms with Crippen LogP contribution < -0.4 is 5.73 Å². The van der Waals surface area contributed by atoms with Crippen LogP contribution in [0.5, 0.6) is 0 Å². The Morgan fingerprint density at radius 2 is 2.45 bits per heavy atom. The lowest BCUT2D eigenvalue weighted by molar-refractivity contribution is 0.119. The normalized spacial score (nSPS) is 10.3. The minimum Gasteiger partial charge on any atom is -0.472 e. The van der Waals surface area contributed by atoms with Gasteiger partial charge in [-0.25, -0.2) is 0 Å². The topological polar surface area (TPSA) is 48.4 Å². The zero-order chi connectivity index (χ0) is 7.94. The van der Waals surface area contributed by atoms with Gasteiger partial charge in [0.25, 0.3) is 0 Å². The fourth-order valence-corrected chi connectivity index (χ4v) is 0.750. The van der Waals surface area contributed by atoms with Crippen LogP contribution in [0.25, 0.3) is 0 Å². The number of hydrogen-bond donors (Lipinski definition) is 1. The highest BCUT2D eigenvalue weighted by Crippen LogP contribution is 2.01. The molecule has 0 aliphatic carbocycles. The van der Waals surface area contributed by atoms with Gasteiger partial charge in [0.15, 0.2) is 0 Å². The van der Waals surface area contributed by atoms with Crippen LogP contribution in [0.15, 0.2) is 23.0 Å². The van der Waals surface area contributed by atoms with Crippen molar-refractivity contribution in [2.24, 2.45) is 5.73 Å². The van der Waals surface area contributed by atoms with Gasteiger partial charge in [-0.15, -0.1) is 0 Å². The molecule has 0 saturated carbocycles. The highest BCUT2D eigenvalue weighted by Gasteiger charge is 1.92. The summed E-state index contributed by atoms with van der Waals surface area (Å²) in [6.45, 7) is 2.03. The number of rotatable bonds is 5. The molecule has 0 radical (unpaired) electrons. The Morgan fingerprint density at radius 3 is 3.09 bits per heavy atom. The Labute approximate surface area is 66.1 Å². The van der Waals surface area contributed by atoms with E-state index >= 15 is 0 Å². The van der Waals surface area contributed by atoms with Gasteiger partial charge in [0, 0.05) is 12.2 Å². The second kappa shape index (κ2) is 4.93. The summed E-state index contributed by atoms with van der Waals surface area (Å²) in [5, 5.41) is 0. The van der Waals surface area contributed by atoms with Gasteiger partial charge in [0.05, 0.1) is 19.1 Å². The van der Waals surface area contributed by atoms with E-state index in [1.165, 1.54) is 0 Å². The summed E-state index contributed by atoms with van der Waals surface area (Å²) in [5.41, 5.74) is 6.36. The van der Waals surface area contributed by atoms with Crippen molar-refractivity contribution in [3.05, 3.63) is 24.2 Å². The quantitative estimate of drug-likeness (QED) is 0.649. The van der Waals surface area contributed by atoms with Crippen LogP contribution in [-0.2, 0) is 11.3 Å². The van der Waals surface area contributed by atoms with Crippen LogP contribution in [0.3, 0.4) is 0 Å². The lowest BCUT2D eigenvalue weighted by atomic mass is 10.4. The molecule has 3 nitrogen and oxygen atoms in total. The highest BCUT2D eigenvalue weighted by molar-refractivity contribution is 5.02. The molecule has 1 aromatic heterocycles. The van der Waals surface area contributed by atoms with Crippen molar-refractivity contribution in [1.82, 2.24) is 0 Å². The second-order valence-electron chi connectivity index (χ2n) is 2.33. The Bertz CT molecular complexity index is 172. The number of furan rings is 1. The molecular formula is C8H13NO2. The molecule has 0 spiro atoms. The summed E-state index contributed by atoms with van der Waals surface area (Å²) >= 11 is 0. The fraction of sp³-hybridized carbons (Fsp3) is 0.500. The van der Waals surface area contributed by atoms with E-state index in [4.69, 9.17) is 14.9 Å².